The van der Waals surface area contributed by atoms with Crippen molar-refractivity contribution < 1.29 is 0 Å². The molecule has 0 saturated heterocycles. The highest BCUT2D eigenvalue weighted by Gasteiger charge is 2.12. The summed E-state index contributed by atoms with van der Waals surface area (Å²) in [5.74, 6) is 0. The molecule has 2 aromatic rings. The lowest BCUT2D eigenvalue weighted by Crippen LogP contribution is -2.33. The van der Waals surface area contributed by atoms with Gasteiger partial charge in [0.15, 0.2) is 0 Å². The Hall–Kier alpha value is -1.88. The molecule has 0 fully saturated rings. The fraction of sp³-hybridized carbons (Fsp3) is 0.143. The van der Waals surface area contributed by atoms with Crippen LogP contribution in [0, 0.1) is 6.92 Å². The van der Waals surface area contributed by atoms with E-state index in [1.165, 1.54) is 4.57 Å². The standard InChI is InChI=1S/C14H13BrN2O2/c1-3-12(10-4-6-11(15)7-5-10)17-8-9(2)13(18)16-14(17)19/h3-8,12H,1H2,2H3,(H,16,18,19). The second-order valence-corrected chi connectivity index (χ2v) is 5.13. The van der Waals surface area contributed by atoms with Gasteiger partial charge in [-0.3, -0.25) is 14.3 Å². The Bertz CT molecular complexity index is 713. The fourth-order valence-electron chi connectivity index (χ4n) is 1.86. The first-order valence-electron chi connectivity index (χ1n) is 5.73. The molecule has 1 heterocycles. The van der Waals surface area contributed by atoms with Crippen LogP contribution in [0.3, 0.4) is 0 Å². The minimum Gasteiger partial charge on any atom is -0.289 e. The molecule has 0 radical (unpaired) electrons. The van der Waals surface area contributed by atoms with Crippen molar-refractivity contribution in [1.82, 2.24) is 9.55 Å². The van der Waals surface area contributed by atoms with E-state index in [4.69, 9.17) is 0 Å². The number of aromatic nitrogens is 2. The molecule has 4 nitrogen and oxygen atoms in total. The fourth-order valence-corrected chi connectivity index (χ4v) is 2.13. The van der Waals surface area contributed by atoms with E-state index < -0.39 is 5.69 Å². The zero-order chi connectivity index (χ0) is 14.0. The molecule has 1 aromatic carbocycles. The van der Waals surface area contributed by atoms with Crippen LogP contribution in [0.1, 0.15) is 17.2 Å². The highest BCUT2D eigenvalue weighted by Crippen LogP contribution is 2.20. The molecule has 5 heteroatoms. The molecule has 2 rings (SSSR count). The van der Waals surface area contributed by atoms with Crippen LogP contribution in [-0.2, 0) is 0 Å². The summed E-state index contributed by atoms with van der Waals surface area (Å²) in [4.78, 5) is 25.6. The minimum absolute atomic E-state index is 0.309. The third kappa shape index (κ3) is 2.76. The van der Waals surface area contributed by atoms with Crippen molar-refractivity contribution in [2.45, 2.75) is 13.0 Å². The Kier molecular flexibility index (Phi) is 3.85. The summed E-state index contributed by atoms with van der Waals surface area (Å²) in [6.07, 6.45) is 3.22. The number of nitrogens with one attached hydrogen (secondary N) is 1. The average molecular weight is 321 g/mol. The van der Waals surface area contributed by atoms with E-state index in [0.29, 0.717) is 5.56 Å². The summed E-state index contributed by atoms with van der Waals surface area (Å²) in [5.41, 5.74) is 0.610. The van der Waals surface area contributed by atoms with Crippen molar-refractivity contribution in [2.75, 3.05) is 0 Å². The van der Waals surface area contributed by atoms with Gasteiger partial charge < -0.3 is 0 Å². The summed E-state index contributed by atoms with van der Waals surface area (Å²) in [7, 11) is 0. The highest BCUT2D eigenvalue weighted by molar-refractivity contribution is 9.10. The molecular weight excluding hydrogens is 308 g/mol. The summed E-state index contributed by atoms with van der Waals surface area (Å²) in [5, 5.41) is 0. The lowest BCUT2D eigenvalue weighted by atomic mass is 10.1. The maximum absolute atomic E-state index is 11.9. The number of hydrogen-bond acceptors (Lipinski definition) is 2. The van der Waals surface area contributed by atoms with Gasteiger partial charge in [-0.1, -0.05) is 34.1 Å². The maximum atomic E-state index is 11.9. The molecule has 0 spiro atoms. The van der Waals surface area contributed by atoms with Crippen molar-refractivity contribution in [3.63, 3.8) is 0 Å². The lowest BCUT2D eigenvalue weighted by molar-refractivity contribution is 0.640. The third-order valence-corrected chi connectivity index (χ3v) is 3.41. The van der Waals surface area contributed by atoms with Gasteiger partial charge in [0, 0.05) is 16.2 Å². The number of hydrogen-bond donors (Lipinski definition) is 1. The largest absolute Gasteiger partial charge is 0.329 e. The highest BCUT2D eigenvalue weighted by atomic mass is 79.9. The predicted molar refractivity (Wildman–Crippen MR) is 78.5 cm³/mol. The van der Waals surface area contributed by atoms with Crippen LogP contribution in [0.4, 0.5) is 0 Å². The van der Waals surface area contributed by atoms with Gasteiger partial charge in [-0.25, -0.2) is 4.79 Å². The first-order valence-corrected chi connectivity index (χ1v) is 6.52. The van der Waals surface area contributed by atoms with Crippen LogP contribution in [0.2, 0.25) is 0 Å². The number of H-pyrrole nitrogens is 1. The second kappa shape index (κ2) is 5.40. The van der Waals surface area contributed by atoms with Crippen molar-refractivity contribution >= 4 is 15.9 Å². The smallest absolute Gasteiger partial charge is 0.289 e. The average Bonchev–Trinajstić information content (AvgIpc) is 2.38. The van der Waals surface area contributed by atoms with Crippen LogP contribution < -0.4 is 11.2 Å². The van der Waals surface area contributed by atoms with E-state index in [9.17, 15) is 9.59 Å². The van der Waals surface area contributed by atoms with Gasteiger partial charge in [-0.05, 0) is 24.6 Å². The van der Waals surface area contributed by atoms with Crippen LogP contribution in [0.25, 0.3) is 0 Å². The Balaban J connectivity index is 2.57. The zero-order valence-corrected chi connectivity index (χ0v) is 12.0. The van der Waals surface area contributed by atoms with Crippen molar-refractivity contribution in [3.05, 3.63) is 79.6 Å². The van der Waals surface area contributed by atoms with Gasteiger partial charge in [-0.15, -0.1) is 6.58 Å². The van der Waals surface area contributed by atoms with Crippen LogP contribution in [0.5, 0.6) is 0 Å². The van der Waals surface area contributed by atoms with Gasteiger partial charge in [0.1, 0.15) is 0 Å². The van der Waals surface area contributed by atoms with Crippen LogP contribution in [0.15, 0.2) is 57.2 Å². The summed E-state index contributed by atoms with van der Waals surface area (Å²) < 4.78 is 2.43. The molecule has 0 bridgehead atoms. The summed E-state index contributed by atoms with van der Waals surface area (Å²) in [6, 6.07) is 7.30. The molecule has 1 aromatic heterocycles. The van der Waals surface area contributed by atoms with Gasteiger partial charge in [0.2, 0.25) is 0 Å². The number of nitrogens with zero attached hydrogens (tertiary/aromatic N) is 1. The number of aryl methyl sites for hydroxylation is 1. The molecule has 0 amide bonds. The van der Waals surface area contributed by atoms with E-state index >= 15 is 0 Å². The first-order chi connectivity index (χ1) is 9.02. The first kappa shape index (κ1) is 13.5. The SMILES string of the molecule is C=CC(c1ccc(Br)cc1)n1cc(C)c(=O)[nH]c1=O. The lowest BCUT2D eigenvalue weighted by Gasteiger charge is -2.16. The molecule has 0 saturated carbocycles. The second-order valence-electron chi connectivity index (χ2n) is 4.21. The molecule has 0 aliphatic carbocycles. The Labute approximate surface area is 118 Å². The molecule has 1 unspecified atom stereocenters. The molecule has 0 aliphatic heterocycles. The monoisotopic (exact) mass is 320 g/mol. The van der Waals surface area contributed by atoms with E-state index in [1.807, 2.05) is 24.3 Å². The normalized spacial score (nSPS) is 12.1. The van der Waals surface area contributed by atoms with E-state index in [-0.39, 0.29) is 11.6 Å². The van der Waals surface area contributed by atoms with E-state index in [0.717, 1.165) is 10.0 Å². The quantitative estimate of drug-likeness (QED) is 0.883. The zero-order valence-electron chi connectivity index (χ0n) is 10.4. The van der Waals surface area contributed by atoms with Crippen molar-refractivity contribution in [1.29, 1.82) is 0 Å². The number of halogens is 1. The van der Waals surface area contributed by atoms with Crippen molar-refractivity contribution in [2.24, 2.45) is 0 Å². The third-order valence-electron chi connectivity index (χ3n) is 2.88. The molecule has 98 valence electrons. The number of aromatic amines is 1. The maximum Gasteiger partial charge on any atom is 0.329 e. The summed E-state index contributed by atoms with van der Waals surface area (Å²) in [6.45, 7) is 5.43. The predicted octanol–water partition coefficient (Wildman–Crippen LogP) is 2.38. The van der Waals surface area contributed by atoms with Gasteiger partial charge in [0.25, 0.3) is 5.56 Å². The minimum atomic E-state index is -0.441. The van der Waals surface area contributed by atoms with Gasteiger partial charge >= 0.3 is 5.69 Å². The number of rotatable bonds is 3. The molecule has 1 atom stereocenters. The number of allylic oxidation sites excluding steroid dienone is 1. The van der Waals surface area contributed by atoms with E-state index in [1.54, 1.807) is 19.2 Å². The molecule has 0 aliphatic rings. The summed E-state index contributed by atoms with van der Waals surface area (Å²) >= 11 is 3.37. The van der Waals surface area contributed by atoms with Crippen LogP contribution in [-0.4, -0.2) is 9.55 Å². The van der Waals surface area contributed by atoms with Gasteiger partial charge in [0.05, 0.1) is 6.04 Å². The van der Waals surface area contributed by atoms with Crippen molar-refractivity contribution in [3.8, 4) is 0 Å². The van der Waals surface area contributed by atoms with Crippen LogP contribution >= 0.6 is 15.9 Å². The van der Waals surface area contributed by atoms with E-state index in [2.05, 4.69) is 27.5 Å². The Morgan fingerprint density at radius 1 is 1.32 bits per heavy atom. The molecule has 1 N–H and O–H groups in total. The Morgan fingerprint density at radius 2 is 1.95 bits per heavy atom. The van der Waals surface area contributed by atoms with Gasteiger partial charge in [-0.2, -0.15) is 0 Å². The topological polar surface area (TPSA) is 54.9 Å². The number of benzene rings is 1. The molecule has 19 heavy (non-hydrogen) atoms. The Morgan fingerprint density at radius 3 is 2.53 bits per heavy atom. The molecular formula is C14H13BrN2O2.